The van der Waals surface area contributed by atoms with Gasteiger partial charge in [0.1, 0.15) is 0 Å². The normalized spacial score (nSPS) is 11.6. The van der Waals surface area contributed by atoms with Gasteiger partial charge in [-0.05, 0) is 37.5 Å². The van der Waals surface area contributed by atoms with Crippen LogP contribution in [0.2, 0.25) is 10.0 Å². The molecule has 3 N–H and O–H groups in total. The molecule has 0 aliphatic carbocycles. The van der Waals surface area contributed by atoms with Gasteiger partial charge < -0.3 is 11.1 Å². The van der Waals surface area contributed by atoms with E-state index in [1.807, 2.05) is 6.92 Å². The molecule has 0 heterocycles. The van der Waals surface area contributed by atoms with Gasteiger partial charge in [0.2, 0.25) is 5.91 Å². The molecule has 0 radical (unpaired) electrons. The Morgan fingerprint density at radius 3 is 2.47 bits per heavy atom. The lowest BCUT2D eigenvalue weighted by Gasteiger charge is -2.09. The second-order valence-electron chi connectivity index (χ2n) is 4.32. The van der Waals surface area contributed by atoms with Crippen molar-refractivity contribution in [3.63, 3.8) is 0 Å². The summed E-state index contributed by atoms with van der Waals surface area (Å²) < 4.78 is 0. The Labute approximate surface area is 130 Å². The number of hydrogen-bond acceptors (Lipinski definition) is 2. The maximum absolute atomic E-state index is 11.5. The molecule has 0 spiro atoms. The lowest BCUT2D eigenvalue weighted by Crippen LogP contribution is -2.27. The lowest BCUT2D eigenvalue weighted by molar-refractivity contribution is -0.121. The number of nitrogens with one attached hydrogen (secondary N) is 1. The highest BCUT2D eigenvalue weighted by Gasteiger charge is 2.07. The number of benzene rings is 1. The van der Waals surface area contributed by atoms with Gasteiger partial charge in [-0.25, -0.2) is 0 Å². The predicted molar refractivity (Wildman–Crippen MR) is 83.3 cm³/mol. The molecule has 0 aliphatic rings. The van der Waals surface area contributed by atoms with E-state index >= 15 is 0 Å². The summed E-state index contributed by atoms with van der Waals surface area (Å²) in [6.45, 7) is 2.41. The molecule has 6 heteroatoms. The van der Waals surface area contributed by atoms with Crippen molar-refractivity contribution in [2.75, 3.05) is 6.54 Å². The number of halogens is 3. The van der Waals surface area contributed by atoms with Crippen molar-refractivity contribution in [3.05, 3.63) is 33.8 Å². The minimum atomic E-state index is 0. The second kappa shape index (κ2) is 9.43. The second-order valence-corrected chi connectivity index (χ2v) is 5.13. The zero-order valence-electron chi connectivity index (χ0n) is 10.8. The van der Waals surface area contributed by atoms with Crippen molar-refractivity contribution in [3.8, 4) is 0 Å². The van der Waals surface area contributed by atoms with E-state index in [0.29, 0.717) is 35.9 Å². The van der Waals surface area contributed by atoms with Gasteiger partial charge in [0, 0.05) is 29.1 Å². The van der Waals surface area contributed by atoms with Gasteiger partial charge >= 0.3 is 0 Å². The molecular formula is C13H19Cl3N2O. The summed E-state index contributed by atoms with van der Waals surface area (Å²) in [5.74, 6) is 0.00970. The molecule has 1 aromatic carbocycles. The summed E-state index contributed by atoms with van der Waals surface area (Å²) >= 11 is 12.1. The molecule has 1 unspecified atom stereocenters. The highest BCUT2D eigenvalue weighted by molar-refractivity contribution is 6.35. The van der Waals surface area contributed by atoms with Crippen LogP contribution in [0, 0.1) is 0 Å². The molecule has 0 saturated carbocycles. The summed E-state index contributed by atoms with van der Waals surface area (Å²) in [6, 6.07) is 5.44. The fourth-order valence-corrected chi connectivity index (χ4v) is 2.13. The summed E-state index contributed by atoms with van der Waals surface area (Å²) in [4.78, 5) is 11.5. The van der Waals surface area contributed by atoms with Crippen molar-refractivity contribution in [2.45, 2.75) is 32.2 Å². The van der Waals surface area contributed by atoms with Crippen LogP contribution >= 0.6 is 35.6 Å². The molecule has 19 heavy (non-hydrogen) atoms. The van der Waals surface area contributed by atoms with Gasteiger partial charge in [-0.1, -0.05) is 29.3 Å². The Hall–Kier alpha value is -0.480. The van der Waals surface area contributed by atoms with Crippen molar-refractivity contribution < 1.29 is 4.79 Å². The fourth-order valence-electron chi connectivity index (χ4n) is 1.55. The van der Waals surface area contributed by atoms with Gasteiger partial charge in [-0.3, -0.25) is 4.79 Å². The van der Waals surface area contributed by atoms with Crippen LogP contribution in [0.4, 0.5) is 0 Å². The van der Waals surface area contributed by atoms with E-state index in [9.17, 15) is 4.79 Å². The minimum Gasteiger partial charge on any atom is -0.356 e. The molecule has 1 amide bonds. The standard InChI is InChI=1S/C13H18Cl2N2O.ClH/c1-9(16)5-6-13(18)17-8-7-10-11(14)3-2-4-12(10)15;/h2-4,9H,5-8,16H2,1H3,(H,17,18);1H. The average Bonchev–Trinajstić information content (AvgIpc) is 2.30. The van der Waals surface area contributed by atoms with Crippen LogP contribution in [0.3, 0.4) is 0 Å². The van der Waals surface area contributed by atoms with Crippen LogP contribution in [-0.4, -0.2) is 18.5 Å². The molecule has 1 atom stereocenters. The average molecular weight is 326 g/mol. The lowest BCUT2D eigenvalue weighted by atomic mass is 10.1. The molecule has 0 saturated heterocycles. The fraction of sp³-hybridized carbons (Fsp3) is 0.462. The third kappa shape index (κ3) is 7.02. The van der Waals surface area contributed by atoms with Crippen molar-refractivity contribution >= 4 is 41.5 Å². The van der Waals surface area contributed by atoms with Gasteiger partial charge in [-0.15, -0.1) is 12.4 Å². The minimum absolute atomic E-state index is 0. The van der Waals surface area contributed by atoms with Crippen molar-refractivity contribution in [2.24, 2.45) is 5.73 Å². The molecule has 0 bridgehead atoms. The number of rotatable bonds is 6. The Morgan fingerprint density at radius 2 is 1.95 bits per heavy atom. The predicted octanol–water partition coefficient (Wildman–Crippen LogP) is 3.20. The SMILES string of the molecule is CC(N)CCC(=O)NCCc1c(Cl)cccc1Cl.Cl. The van der Waals surface area contributed by atoms with E-state index in [-0.39, 0.29) is 24.4 Å². The van der Waals surface area contributed by atoms with Gasteiger partial charge in [0.05, 0.1) is 0 Å². The topological polar surface area (TPSA) is 55.1 Å². The summed E-state index contributed by atoms with van der Waals surface area (Å²) in [7, 11) is 0. The monoisotopic (exact) mass is 324 g/mol. The molecular weight excluding hydrogens is 307 g/mol. The largest absolute Gasteiger partial charge is 0.356 e. The maximum atomic E-state index is 11.5. The molecule has 3 nitrogen and oxygen atoms in total. The zero-order chi connectivity index (χ0) is 13.5. The Kier molecular flexibility index (Phi) is 9.19. The van der Waals surface area contributed by atoms with Gasteiger partial charge in [0.15, 0.2) is 0 Å². The smallest absolute Gasteiger partial charge is 0.220 e. The van der Waals surface area contributed by atoms with Crippen molar-refractivity contribution in [1.82, 2.24) is 5.32 Å². The van der Waals surface area contributed by atoms with E-state index in [0.717, 1.165) is 5.56 Å². The highest BCUT2D eigenvalue weighted by atomic mass is 35.5. The van der Waals surface area contributed by atoms with E-state index in [4.69, 9.17) is 28.9 Å². The van der Waals surface area contributed by atoms with Crippen LogP contribution in [0.25, 0.3) is 0 Å². The number of carbonyl (C=O) groups is 1. The van der Waals surface area contributed by atoms with E-state index in [1.165, 1.54) is 0 Å². The number of amides is 1. The molecule has 0 aromatic heterocycles. The van der Waals surface area contributed by atoms with E-state index in [1.54, 1.807) is 18.2 Å². The van der Waals surface area contributed by atoms with Crippen LogP contribution in [0.5, 0.6) is 0 Å². The first-order valence-electron chi connectivity index (χ1n) is 5.96. The molecule has 1 rings (SSSR count). The molecule has 108 valence electrons. The van der Waals surface area contributed by atoms with Gasteiger partial charge in [-0.2, -0.15) is 0 Å². The van der Waals surface area contributed by atoms with Crippen LogP contribution in [0.15, 0.2) is 18.2 Å². The van der Waals surface area contributed by atoms with E-state index in [2.05, 4.69) is 5.32 Å². The molecule has 0 fully saturated rings. The van der Waals surface area contributed by atoms with Gasteiger partial charge in [0.25, 0.3) is 0 Å². The third-order valence-corrected chi connectivity index (χ3v) is 3.29. The first kappa shape index (κ1) is 18.5. The first-order valence-corrected chi connectivity index (χ1v) is 6.71. The van der Waals surface area contributed by atoms with Crippen LogP contribution in [-0.2, 0) is 11.2 Å². The maximum Gasteiger partial charge on any atom is 0.220 e. The summed E-state index contributed by atoms with van der Waals surface area (Å²) in [6.07, 6.45) is 1.77. The van der Waals surface area contributed by atoms with Crippen LogP contribution in [0.1, 0.15) is 25.3 Å². The summed E-state index contributed by atoms with van der Waals surface area (Å²) in [5, 5.41) is 4.09. The first-order chi connectivity index (χ1) is 8.50. The summed E-state index contributed by atoms with van der Waals surface area (Å²) in [5.41, 5.74) is 6.45. The Bertz CT molecular complexity index is 391. The molecule has 0 aliphatic heterocycles. The quantitative estimate of drug-likeness (QED) is 0.844. The zero-order valence-corrected chi connectivity index (χ0v) is 13.1. The molecule has 1 aromatic rings. The number of hydrogen-bond donors (Lipinski definition) is 2. The van der Waals surface area contributed by atoms with Crippen LogP contribution < -0.4 is 11.1 Å². The van der Waals surface area contributed by atoms with E-state index < -0.39 is 0 Å². The third-order valence-electron chi connectivity index (χ3n) is 2.59. The highest BCUT2D eigenvalue weighted by Crippen LogP contribution is 2.24. The number of carbonyl (C=O) groups excluding carboxylic acids is 1. The Balaban J connectivity index is 0.00000324. The number of nitrogens with two attached hydrogens (primary N) is 1. The Morgan fingerprint density at radius 1 is 1.37 bits per heavy atom. The van der Waals surface area contributed by atoms with Crippen molar-refractivity contribution in [1.29, 1.82) is 0 Å².